The Bertz CT molecular complexity index is 3940. The maximum atomic E-state index is 5.32. The molecule has 0 spiro atoms. The van der Waals surface area contributed by atoms with Gasteiger partial charge in [0.15, 0.2) is 29.1 Å². The van der Waals surface area contributed by atoms with Gasteiger partial charge in [0.2, 0.25) is 5.95 Å². The third kappa shape index (κ3) is 6.70. The van der Waals surface area contributed by atoms with Gasteiger partial charge in [-0.1, -0.05) is 182 Å². The maximum Gasteiger partial charge on any atom is 0.238 e. The van der Waals surface area contributed by atoms with Crippen LogP contribution in [0.5, 0.6) is 0 Å². The number of hydrogen-bond acceptors (Lipinski definition) is 6. The highest BCUT2D eigenvalue weighted by molar-refractivity contribution is 6.26. The molecule has 0 amide bonds. The van der Waals surface area contributed by atoms with Crippen molar-refractivity contribution in [3.05, 3.63) is 231 Å². The van der Waals surface area contributed by atoms with Gasteiger partial charge in [0.1, 0.15) is 0 Å². The van der Waals surface area contributed by atoms with Gasteiger partial charge in [0.25, 0.3) is 0 Å². The third-order valence-electron chi connectivity index (χ3n) is 12.6. The van der Waals surface area contributed by atoms with Gasteiger partial charge in [-0.2, -0.15) is 9.97 Å². The number of hydrogen-bond donors (Lipinski definition) is 0. The number of benzene rings is 9. The van der Waals surface area contributed by atoms with Gasteiger partial charge in [-0.15, -0.1) is 0 Å². The van der Waals surface area contributed by atoms with E-state index in [-0.39, 0.29) is 0 Å². The number of para-hydroxylation sites is 2. The Hall–Kier alpha value is -9.40. The van der Waals surface area contributed by atoms with Crippen molar-refractivity contribution in [2.45, 2.75) is 0 Å². The Morgan fingerprint density at radius 3 is 1.25 bits per heavy atom. The summed E-state index contributed by atoms with van der Waals surface area (Å²) < 4.78 is 4.58. The standard InChI is InChI=1S/C60H38N8/c1-5-18-39(19-6-1)44-26-17-27-45(38-44)59-64-58(42-24-11-4-12-25-42)65-60(66-59)68-51-31-16-14-29-49(51)53-52(68)37-36-48-47-28-13-15-30-50(47)67(54(48)53)46-34-32-43(33-35-46)57-62-55(40-20-7-2-8-21-40)61-56(63-57)41-22-9-3-10-23-41/h1-38H. The normalized spacial score (nSPS) is 11.5. The van der Waals surface area contributed by atoms with Crippen LogP contribution < -0.4 is 0 Å². The summed E-state index contributed by atoms with van der Waals surface area (Å²) in [5.74, 6) is 3.59. The average Bonchev–Trinajstić information content (AvgIpc) is 3.95. The zero-order valence-electron chi connectivity index (χ0n) is 36.5. The molecule has 0 aliphatic carbocycles. The van der Waals surface area contributed by atoms with Crippen LogP contribution in [0.2, 0.25) is 0 Å². The fraction of sp³-hybridized carbons (Fsp3) is 0. The van der Waals surface area contributed by atoms with E-state index in [4.69, 9.17) is 29.9 Å². The molecule has 0 saturated carbocycles. The molecular weight excluding hydrogens is 833 g/mol. The summed E-state index contributed by atoms with van der Waals surface area (Å²) in [5, 5.41) is 4.51. The van der Waals surface area contributed by atoms with Crippen LogP contribution in [0.25, 0.3) is 123 Å². The summed E-state index contributed by atoms with van der Waals surface area (Å²) in [6.45, 7) is 0. The second-order valence-electron chi connectivity index (χ2n) is 16.7. The van der Waals surface area contributed by atoms with E-state index in [1.165, 1.54) is 0 Å². The van der Waals surface area contributed by atoms with Crippen LogP contribution in [-0.2, 0) is 0 Å². The smallest absolute Gasteiger partial charge is 0.238 e. The van der Waals surface area contributed by atoms with E-state index in [9.17, 15) is 0 Å². The van der Waals surface area contributed by atoms with Crippen LogP contribution in [0.3, 0.4) is 0 Å². The molecule has 0 N–H and O–H groups in total. The van der Waals surface area contributed by atoms with E-state index < -0.39 is 0 Å². The molecule has 9 aromatic carbocycles. The number of fused-ring (bicyclic) bond motifs is 7. The van der Waals surface area contributed by atoms with Crippen LogP contribution in [0.15, 0.2) is 231 Å². The van der Waals surface area contributed by atoms with Crippen molar-refractivity contribution >= 4 is 43.6 Å². The molecule has 4 heterocycles. The highest BCUT2D eigenvalue weighted by atomic mass is 15.2. The van der Waals surface area contributed by atoms with E-state index in [1.807, 2.05) is 97.1 Å². The maximum absolute atomic E-state index is 5.32. The van der Waals surface area contributed by atoms with Gasteiger partial charge < -0.3 is 4.57 Å². The second kappa shape index (κ2) is 16.2. The Labute approximate surface area is 391 Å². The van der Waals surface area contributed by atoms with Crippen LogP contribution in [0.1, 0.15) is 0 Å². The first kappa shape index (κ1) is 39.0. The first-order valence-electron chi connectivity index (χ1n) is 22.6. The molecule has 318 valence electrons. The van der Waals surface area contributed by atoms with E-state index in [0.29, 0.717) is 35.1 Å². The van der Waals surface area contributed by atoms with Crippen LogP contribution in [0.4, 0.5) is 0 Å². The molecule has 8 nitrogen and oxygen atoms in total. The van der Waals surface area contributed by atoms with Crippen molar-refractivity contribution in [1.82, 2.24) is 39.0 Å². The molecule has 4 aromatic heterocycles. The molecule has 0 aliphatic rings. The minimum Gasteiger partial charge on any atom is -0.309 e. The molecule has 13 rings (SSSR count). The molecule has 68 heavy (non-hydrogen) atoms. The highest BCUT2D eigenvalue weighted by Gasteiger charge is 2.23. The van der Waals surface area contributed by atoms with Gasteiger partial charge >= 0.3 is 0 Å². The predicted octanol–water partition coefficient (Wildman–Crippen LogP) is 14.3. The summed E-state index contributed by atoms with van der Waals surface area (Å²) in [4.78, 5) is 30.7. The Morgan fingerprint density at radius 2 is 0.676 bits per heavy atom. The molecule has 0 fully saturated rings. The lowest BCUT2D eigenvalue weighted by molar-refractivity contribution is 0.953. The molecule has 0 bridgehead atoms. The van der Waals surface area contributed by atoms with E-state index in [0.717, 1.165) is 88.2 Å². The van der Waals surface area contributed by atoms with Crippen molar-refractivity contribution < 1.29 is 0 Å². The zero-order valence-corrected chi connectivity index (χ0v) is 36.5. The summed E-state index contributed by atoms with van der Waals surface area (Å²) in [6, 6.07) is 79.3. The number of aromatic nitrogens is 8. The fourth-order valence-electron chi connectivity index (χ4n) is 9.47. The number of nitrogens with zero attached hydrogens (tertiary/aromatic N) is 8. The number of rotatable bonds is 8. The molecule has 0 atom stereocenters. The largest absolute Gasteiger partial charge is 0.309 e. The van der Waals surface area contributed by atoms with Gasteiger partial charge in [-0.05, 0) is 59.7 Å². The SMILES string of the molecule is c1ccc(-c2cccc(-c3nc(-c4ccccc4)nc(-n4c5ccccc5c5c4ccc4c6ccccc6n(-c6ccc(-c7nc(-c8ccccc8)nc(-c8ccccc8)n7)cc6)c45)n3)c2)cc1. The van der Waals surface area contributed by atoms with E-state index in [1.54, 1.807) is 0 Å². The Kier molecular flexibility index (Phi) is 9.31. The molecule has 0 radical (unpaired) electrons. The summed E-state index contributed by atoms with van der Waals surface area (Å²) in [6.07, 6.45) is 0. The lowest BCUT2D eigenvalue weighted by Gasteiger charge is -2.12. The lowest BCUT2D eigenvalue weighted by atomic mass is 10.0. The van der Waals surface area contributed by atoms with Crippen molar-refractivity contribution in [3.63, 3.8) is 0 Å². The molecule has 13 aromatic rings. The van der Waals surface area contributed by atoms with Gasteiger partial charge in [0.05, 0.1) is 22.1 Å². The summed E-state index contributed by atoms with van der Waals surface area (Å²) in [5.41, 5.74) is 12.0. The molecule has 0 saturated heterocycles. The van der Waals surface area contributed by atoms with Crippen molar-refractivity contribution in [2.75, 3.05) is 0 Å². The third-order valence-corrected chi connectivity index (χ3v) is 12.6. The van der Waals surface area contributed by atoms with Gasteiger partial charge in [-0.3, -0.25) is 4.57 Å². The van der Waals surface area contributed by atoms with Crippen LogP contribution in [-0.4, -0.2) is 39.0 Å². The molecule has 0 aliphatic heterocycles. The van der Waals surface area contributed by atoms with Gasteiger partial charge in [0, 0.05) is 55.0 Å². The molecular formula is C60H38N8. The van der Waals surface area contributed by atoms with Crippen molar-refractivity contribution in [3.8, 4) is 79.7 Å². The highest BCUT2D eigenvalue weighted by Crippen LogP contribution is 2.42. The lowest BCUT2D eigenvalue weighted by Crippen LogP contribution is -2.06. The topological polar surface area (TPSA) is 87.2 Å². The van der Waals surface area contributed by atoms with E-state index >= 15 is 0 Å². The second-order valence-corrected chi connectivity index (χ2v) is 16.7. The minimum absolute atomic E-state index is 0.540. The molecule has 0 unspecified atom stereocenters. The quantitative estimate of drug-likeness (QED) is 0.151. The Balaban J connectivity index is 1.01. The van der Waals surface area contributed by atoms with Crippen molar-refractivity contribution in [1.29, 1.82) is 0 Å². The van der Waals surface area contributed by atoms with Crippen molar-refractivity contribution in [2.24, 2.45) is 0 Å². The Morgan fingerprint density at radius 1 is 0.250 bits per heavy atom. The predicted molar refractivity (Wildman–Crippen MR) is 275 cm³/mol. The fourth-order valence-corrected chi connectivity index (χ4v) is 9.47. The van der Waals surface area contributed by atoms with Gasteiger partial charge in [-0.25, -0.2) is 19.9 Å². The zero-order chi connectivity index (χ0) is 45.0. The van der Waals surface area contributed by atoms with E-state index in [2.05, 4.69) is 143 Å². The monoisotopic (exact) mass is 870 g/mol. The average molecular weight is 871 g/mol. The molecule has 8 heteroatoms. The summed E-state index contributed by atoms with van der Waals surface area (Å²) in [7, 11) is 0. The van der Waals surface area contributed by atoms with Crippen LogP contribution in [0, 0.1) is 0 Å². The first-order valence-corrected chi connectivity index (χ1v) is 22.6. The first-order chi connectivity index (χ1) is 33.7. The summed E-state index contributed by atoms with van der Waals surface area (Å²) >= 11 is 0. The minimum atomic E-state index is 0.540. The van der Waals surface area contributed by atoms with Crippen LogP contribution >= 0.6 is 0 Å².